The molecule has 2 heterocycles. The van der Waals surface area contributed by atoms with Crippen LogP contribution in [0.25, 0.3) is 43.6 Å². The first-order valence-corrected chi connectivity index (χ1v) is 8.27. The third-order valence-corrected chi connectivity index (χ3v) is 4.21. The molecule has 0 aliphatic rings. The van der Waals surface area contributed by atoms with E-state index in [1.165, 1.54) is 30.7 Å². The Balaban J connectivity index is 0.000000230. The molecule has 2 aromatic heterocycles. The summed E-state index contributed by atoms with van der Waals surface area (Å²) in [5.74, 6) is 0.250. The first-order valence-electron chi connectivity index (χ1n) is 8.27. The number of furan rings is 1. The molecule has 0 saturated heterocycles. The number of hydrogen-bond donors (Lipinski definition) is 1. The minimum Gasteiger partial charge on any atom is -0.512 e. The Morgan fingerprint density at radius 2 is 1.81 bits per heavy atom. The molecule has 0 bridgehead atoms. The van der Waals surface area contributed by atoms with Crippen LogP contribution in [-0.2, 0) is 20.1 Å². The number of hydrogen-bond acceptors (Lipinski definition) is 3. The van der Waals surface area contributed by atoms with Gasteiger partial charge in [-0.3, -0.25) is 4.79 Å². The van der Waals surface area contributed by atoms with Crippen LogP contribution in [0.3, 0.4) is 0 Å². The summed E-state index contributed by atoms with van der Waals surface area (Å²) >= 11 is 0. The van der Waals surface area contributed by atoms with Gasteiger partial charge >= 0.3 is 5.78 Å². The number of fused-ring (bicyclic) bond motifs is 3. The van der Waals surface area contributed by atoms with Crippen LogP contribution in [0.15, 0.2) is 64.9 Å². The maximum atomic E-state index is 8.40. The summed E-state index contributed by atoms with van der Waals surface area (Å²) in [6.07, 6.45) is 3.11. The molecule has 0 aliphatic heterocycles. The van der Waals surface area contributed by atoms with Gasteiger partial charge in [-0.1, -0.05) is 29.7 Å². The number of allylic oxidation sites excluding steroid dienone is 2. The quantitative estimate of drug-likeness (QED) is 0.101. The van der Waals surface area contributed by atoms with Crippen LogP contribution >= 0.6 is 0 Å². The van der Waals surface area contributed by atoms with E-state index in [0.29, 0.717) is 0 Å². The van der Waals surface area contributed by atoms with E-state index in [2.05, 4.69) is 23.2 Å². The van der Waals surface area contributed by atoms with E-state index < -0.39 is 0 Å². The number of rotatable bonds is 1. The average Bonchev–Trinajstić information content (AvgIpc) is 3.00. The molecule has 5 heteroatoms. The molecule has 0 amide bonds. The van der Waals surface area contributed by atoms with Crippen molar-refractivity contribution in [2.45, 2.75) is 13.8 Å². The Hall–Kier alpha value is -2.75. The van der Waals surface area contributed by atoms with Crippen molar-refractivity contribution in [3.05, 3.63) is 66.6 Å². The summed E-state index contributed by atoms with van der Waals surface area (Å²) in [5.41, 5.74) is 2.84. The van der Waals surface area contributed by atoms with E-state index in [0.717, 1.165) is 32.8 Å². The smallest absolute Gasteiger partial charge is 0.316 e. The monoisotopic (exact) mass is 536 g/mol. The van der Waals surface area contributed by atoms with Crippen molar-refractivity contribution in [2.75, 3.05) is 0 Å². The topological polar surface area (TPSA) is 67.7 Å². The fraction of sp³-hybridized carbons (Fsp3) is 0.0909. The van der Waals surface area contributed by atoms with Gasteiger partial charge in [-0.25, -0.2) is 0 Å². The van der Waals surface area contributed by atoms with E-state index in [4.69, 9.17) is 14.3 Å². The summed E-state index contributed by atoms with van der Waals surface area (Å²) in [6.45, 7) is 3.00. The fourth-order valence-corrected chi connectivity index (χ4v) is 3.34. The molecule has 5 aromatic rings. The molecule has 0 aliphatic carbocycles. The molecule has 1 radical (unpaired) electrons. The number of carbonyl (C=O) groups excluding carboxylic acids is 1. The van der Waals surface area contributed by atoms with Crippen molar-refractivity contribution in [1.29, 1.82) is 0 Å². The summed E-state index contributed by atoms with van der Waals surface area (Å²) in [5, 5.41) is 14.1. The molecule has 0 fully saturated rings. The van der Waals surface area contributed by atoms with E-state index >= 15 is 0 Å². The summed E-state index contributed by atoms with van der Waals surface area (Å²) in [6, 6.07) is 17.5. The second kappa shape index (κ2) is 7.47. The van der Waals surface area contributed by atoms with Crippen molar-refractivity contribution in [2.24, 2.45) is 0 Å². The zero-order chi connectivity index (χ0) is 18.3. The zero-order valence-corrected chi connectivity index (χ0v) is 17.2. The standard InChI is InChI=1S/C17H8NO.C5H8O2.Ir/c1-4-10-11-6-3-9-18-17(11)12-5-2-8-14-16(12)15(10)13(7-1)19-14;1-4(6)3-5(2)7;/h1-4,6-9H;3,6H,1-2H3;/q-1;;/p+1/b;4-3-;. The normalized spacial score (nSPS) is 11.6. The molecular formula is C22H17IrNO3. The minimum absolute atomic E-state index is 0. The Bertz CT molecular complexity index is 1200. The SMILES string of the molecule is CC(=[OH+])/C=C(/C)O.[Ir].[c-]1ccc2oc3cccc4c5cccnc5c1c2c34. The van der Waals surface area contributed by atoms with Crippen molar-refractivity contribution in [3.63, 3.8) is 0 Å². The molecule has 2 N–H and O–H groups in total. The van der Waals surface area contributed by atoms with Crippen LogP contribution in [0.4, 0.5) is 0 Å². The Labute approximate surface area is 169 Å². The number of ketones is 1. The third-order valence-electron chi connectivity index (χ3n) is 4.21. The number of pyridine rings is 1. The Morgan fingerprint density at radius 3 is 2.52 bits per heavy atom. The van der Waals surface area contributed by atoms with E-state index in [9.17, 15) is 0 Å². The molecule has 0 saturated carbocycles. The third kappa shape index (κ3) is 3.32. The van der Waals surface area contributed by atoms with Gasteiger partial charge in [0.2, 0.25) is 0 Å². The van der Waals surface area contributed by atoms with Crippen LogP contribution in [0.1, 0.15) is 13.8 Å². The van der Waals surface area contributed by atoms with Gasteiger partial charge in [0.25, 0.3) is 0 Å². The number of aromatic nitrogens is 1. The van der Waals surface area contributed by atoms with Crippen molar-refractivity contribution in [1.82, 2.24) is 4.98 Å². The molecule has 0 atom stereocenters. The van der Waals surface area contributed by atoms with Crippen LogP contribution in [0, 0.1) is 6.07 Å². The predicted molar refractivity (Wildman–Crippen MR) is 106 cm³/mol. The van der Waals surface area contributed by atoms with Crippen LogP contribution in [-0.4, -0.2) is 20.7 Å². The first kappa shape index (κ1) is 19.0. The molecule has 27 heavy (non-hydrogen) atoms. The van der Waals surface area contributed by atoms with E-state index in [-0.39, 0.29) is 31.6 Å². The maximum Gasteiger partial charge on any atom is 0.316 e. The van der Waals surface area contributed by atoms with Gasteiger partial charge in [-0.2, -0.15) is 0 Å². The molecule has 0 unspecified atom stereocenters. The van der Waals surface area contributed by atoms with Gasteiger partial charge in [0.05, 0.1) is 24.3 Å². The molecule has 0 spiro atoms. The van der Waals surface area contributed by atoms with E-state index in [1.807, 2.05) is 36.5 Å². The van der Waals surface area contributed by atoms with Crippen molar-refractivity contribution in [3.8, 4) is 0 Å². The second-order valence-corrected chi connectivity index (χ2v) is 6.20. The average molecular weight is 536 g/mol. The first-order chi connectivity index (χ1) is 12.6. The summed E-state index contributed by atoms with van der Waals surface area (Å²) in [7, 11) is 0. The minimum atomic E-state index is 0. The summed E-state index contributed by atoms with van der Waals surface area (Å²) in [4.78, 5) is 12.9. The van der Waals surface area contributed by atoms with Gasteiger partial charge in [-0.05, 0) is 40.7 Å². The second-order valence-electron chi connectivity index (χ2n) is 6.20. The van der Waals surface area contributed by atoms with Crippen LogP contribution < -0.4 is 0 Å². The van der Waals surface area contributed by atoms with Gasteiger partial charge in [0.1, 0.15) is 5.58 Å². The maximum absolute atomic E-state index is 8.40. The largest absolute Gasteiger partial charge is 0.512 e. The fourth-order valence-electron chi connectivity index (χ4n) is 3.34. The summed E-state index contributed by atoms with van der Waals surface area (Å²) < 4.78 is 5.94. The molecule has 137 valence electrons. The molecule has 5 rings (SSSR count). The van der Waals surface area contributed by atoms with E-state index in [1.54, 1.807) is 0 Å². The molecule has 4 nitrogen and oxygen atoms in total. The van der Waals surface area contributed by atoms with Gasteiger partial charge in [0.15, 0.2) is 0 Å². The van der Waals surface area contributed by atoms with Gasteiger partial charge < -0.3 is 14.5 Å². The number of benzene rings is 3. The van der Waals surface area contributed by atoms with Gasteiger partial charge in [0, 0.05) is 26.3 Å². The molecule has 3 aromatic carbocycles. The van der Waals surface area contributed by atoms with Gasteiger partial charge in [-0.15, -0.1) is 17.5 Å². The zero-order valence-electron chi connectivity index (χ0n) is 14.8. The molecular weight excluding hydrogens is 518 g/mol. The van der Waals surface area contributed by atoms with Crippen molar-refractivity contribution < 1.29 is 34.4 Å². The predicted octanol–water partition coefficient (Wildman–Crippen LogP) is 5.54. The van der Waals surface area contributed by atoms with Crippen LogP contribution in [0.5, 0.6) is 0 Å². The van der Waals surface area contributed by atoms with Crippen molar-refractivity contribution >= 4 is 49.4 Å². The number of aliphatic hydroxyl groups is 1. The number of nitrogens with zero attached hydrogens (tertiary/aromatic N) is 1. The van der Waals surface area contributed by atoms with Crippen LogP contribution in [0.2, 0.25) is 0 Å². The Kier molecular flexibility index (Phi) is 5.26. The Morgan fingerprint density at radius 1 is 1.07 bits per heavy atom. The number of aliphatic hydroxyl groups excluding tert-OH is 1.